The van der Waals surface area contributed by atoms with Crippen LogP contribution in [0.25, 0.3) is 0 Å². The molecular formula is C24H33NO. The van der Waals surface area contributed by atoms with Crippen molar-refractivity contribution in [3.63, 3.8) is 0 Å². The van der Waals surface area contributed by atoms with E-state index in [1.165, 1.54) is 43.2 Å². The fourth-order valence-corrected chi connectivity index (χ4v) is 7.03. The first-order valence-corrected chi connectivity index (χ1v) is 10.8. The van der Waals surface area contributed by atoms with E-state index in [2.05, 4.69) is 49.9 Å². The van der Waals surface area contributed by atoms with Gasteiger partial charge in [0.2, 0.25) is 5.91 Å². The standard InChI is InChI=1S/C24H33NO/c1-23(2)21-15-18-6-4-5-7-20(18)24(23,3)12-13-25(21)22(26)19-14-16-8-10-17(19)11-9-16/h4-7,16-17,19,21H,8-15H2,1-3H3/t16?,17?,19?,21-,24+/m1/s1. The summed E-state index contributed by atoms with van der Waals surface area (Å²) in [6.45, 7) is 8.23. The first-order valence-electron chi connectivity index (χ1n) is 10.8. The Kier molecular flexibility index (Phi) is 3.62. The largest absolute Gasteiger partial charge is 0.339 e. The monoisotopic (exact) mass is 351 g/mol. The second-order valence-electron chi connectivity index (χ2n) is 10.3. The molecule has 1 aromatic carbocycles. The van der Waals surface area contributed by atoms with Crippen LogP contribution in [0.2, 0.25) is 0 Å². The number of carbonyl (C=O) groups excluding carboxylic acids is 1. The lowest BCUT2D eigenvalue weighted by molar-refractivity contribution is -0.153. The summed E-state index contributed by atoms with van der Waals surface area (Å²) >= 11 is 0. The van der Waals surface area contributed by atoms with Crippen molar-refractivity contribution >= 4 is 5.91 Å². The predicted molar refractivity (Wildman–Crippen MR) is 105 cm³/mol. The zero-order valence-electron chi connectivity index (χ0n) is 16.6. The van der Waals surface area contributed by atoms with Crippen molar-refractivity contribution in [1.82, 2.24) is 4.90 Å². The molecular weight excluding hydrogens is 318 g/mol. The maximum Gasteiger partial charge on any atom is 0.226 e. The molecule has 0 radical (unpaired) electrons. The number of fused-ring (bicyclic) bond motifs is 7. The van der Waals surface area contributed by atoms with Gasteiger partial charge in [0.25, 0.3) is 0 Å². The topological polar surface area (TPSA) is 20.3 Å². The van der Waals surface area contributed by atoms with E-state index in [1.807, 2.05) is 0 Å². The molecule has 4 aliphatic carbocycles. The molecule has 140 valence electrons. The van der Waals surface area contributed by atoms with E-state index in [9.17, 15) is 4.79 Å². The van der Waals surface area contributed by atoms with Crippen molar-refractivity contribution in [1.29, 1.82) is 0 Å². The molecule has 1 saturated heterocycles. The van der Waals surface area contributed by atoms with Gasteiger partial charge < -0.3 is 4.90 Å². The molecule has 0 N–H and O–H groups in total. The highest BCUT2D eigenvalue weighted by Gasteiger charge is 2.57. The maximum atomic E-state index is 13.7. The molecule has 1 aromatic rings. The van der Waals surface area contributed by atoms with Crippen molar-refractivity contribution in [3.8, 4) is 0 Å². The van der Waals surface area contributed by atoms with Crippen LogP contribution in [0.4, 0.5) is 0 Å². The molecule has 1 aliphatic heterocycles. The van der Waals surface area contributed by atoms with Gasteiger partial charge in [0.1, 0.15) is 0 Å². The molecule has 0 spiro atoms. The Morgan fingerprint density at radius 1 is 1.08 bits per heavy atom. The van der Waals surface area contributed by atoms with Gasteiger partial charge in [-0.25, -0.2) is 0 Å². The van der Waals surface area contributed by atoms with Crippen LogP contribution in [0.3, 0.4) is 0 Å². The van der Waals surface area contributed by atoms with Gasteiger partial charge in [0.15, 0.2) is 0 Å². The number of nitrogens with zero attached hydrogens (tertiary/aromatic N) is 1. The predicted octanol–water partition coefficient (Wildman–Crippen LogP) is 4.95. The van der Waals surface area contributed by atoms with Crippen LogP contribution in [0, 0.1) is 23.2 Å². The molecule has 26 heavy (non-hydrogen) atoms. The van der Waals surface area contributed by atoms with Crippen LogP contribution in [0.5, 0.6) is 0 Å². The number of benzene rings is 1. The third-order valence-corrected chi connectivity index (χ3v) is 9.16. The number of likely N-dealkylation sites (tertiary alicyclic amines) is 1. The maximum absolute atomic E-state index is 13.7. The van der Waals surface area contributed by atoms with Gasteiger partial charge in [0, 0.05) is 23.9 Å². The number of piperidine rings is 1. The third-order valence-electron chi connectivity index (χ3n) is 9.16. The Hall–Kier alpha value is -1.31. The molecule has 5 aliphatic rings. The van der Waals surface area contributed by atoms with E-state index in [1.54, 1.807) is 0 Å². The molecule has 4 fully saturated rings. The van der Waals surface area contributed by atoms with E-state index in [4.69, 9.17) is 0 Å². The number of hydrogen-bond donors (Lipinski definition) is 0. The van der Waals surface area contributed by atoms with Gasteiger partial charge in [-0.15, -0.1) is 0 Å². The Bertz CT molecular complexity index is 729. The van der Waals surface area contributed by atoms with Crippen molar-refractivity contribution in [2.24, 2.45) is 23.2 Å². The quantitative estimate of drug-likeness (QED) is 0.701. The summed E-state index contributed by atoms with van der Waals surface area (Å²) in [4.78, 5) is 16.0. The molecule has 2 nitrogen and oxygen atoms in total. The number of hydrogen-bond acceptors (Lipinski definition) is 1. The van der Waals surface area contributed by atoms with Crippen LogP contribution in [0.1, 0.15) is 70.4 Å². The Morgan fingerprint density at radius 3 is 2.50 bits per heavy atom. The second-order valence-corrected chi connectivity index (χ2v) is 10.3. The fourth-order valence-electron chi connectivity index (χ4n) is 7.03. The Morgan fingerprint density at radius 2 is 1.81 bits per heavy atom. The normalized spacial score (nSPS) is 40.2. The number of amides is 1. The lowest BCUT2D eigenvalue weighted by Crippen LogP contribution is -2.66. The lowest BCUT2D eigenvalue weighted by Gasteiger charge is -2.61. The smallest absolute Gasteiger partial charge is 0.226 e. The van der Waals surface area contributed by atoms with E-state index < -0.39 is 0 Å². The first kappa shape index (κ1) is 16.8. The lowest BCUT2D eigenvalue weighted by atomic mass is 9.51. The van der Waals surface area contributed by atoms with Gasteiger partial charge in [-0.3, -0.25) is 4.79 Å². The van der Waals surface area contributed by atoms with Crippen molar-refractivity contribution < 1.29 is 4.79 Å². The van der Waals surface area contributed by atoms with E-state index in [0.717, 1.165) is 25.3 Å². The first-order chi connectivity index (χ1) is 12.4. The molecule has 0 aromatic heterocycles. The second kappa shape index (κ2) is 5.59. The zero-order valence-corrected chi connectivity index (χ0v) is 16.6. The van der Waals surface area contributed by atoms with Crippen molar-refractivity contribution in [2.75, 3.05) is 6.54 Å². The highest BCUT2D eigenvalue weighted by Crippen LogP contribution is 2.56. The SMILES string of the molecule is CC1(C)[C@H]2Cc3ccccc3[C@]1(C)CCN2C(=O)C1CC2CCC1CC2. The summed E-state index contributed by atoms with van der Waals surface area (Å²) in [5.74, 6) is 2.31. The molecule has 4 bridgehead atoms. The third kappa shape index (κ3) is 2.14. The highest BCUT2D eigenvalue weighted by atomic mass is 16.2. The molecule has 2 heteroatoms. The average molecular weight is 352 g/mol. The summed E-state index contributed by atoms with van der Waals surface area (Å²) in [6.07, 6.45) is 8.63. The van der Waals surface area contributed by atoms with Crippen LogP contribution in [-0.2, 0) is 16.6 Å². The molecule has 3 saturated carbocycles. The van der Waals surface area contributed by atoms with E-state index in [-0.39, 0.29) is 10.8 Å². The number of carbonyl (C=O) groups is 1. The number of rotatable bonds is 1. The van der Waals surface area contributed by atoms with Crippen molar-refractivity contribution in [3.05, 3.63) is 35.4 Å². The summed E-state index contributed by atoms with van der Waals surface area (Å²) in [7, 11) is 0. The van der Waals surface area contributed by atoms with Crippen LogP contribution >= 0.6 is 0 Å². The minimum Gasteiger partial charge on any atom is -0.339 e. The Labute approximate surface area is 158 Å². The molecule has 1 heterocycles. The van der Waals surface area contributed by atoms with Crippen LogP contribution < -0.4 is 0 Å². The van der Waals surface area contributed by atoms with E-state index >= 15 is 0 Å². The van der Waals surface area contributed by atoms with Gasteiger partial charge in [0.05, 0.1) is 0 Å². The van der Waals surface area contributed by atoms with Crippen LogP contribution in [0.15, 0.2) is 24.3 Å². The van der Waals surface area contributed by atoms with Gasteiger partial charge in [-0.05, 0) is 60.5 Å². The van der Waals surface area contributed by atoms with Gasteiger partial charge in [-0.2, -0.15) is 0 Å². The van der Waals surface area contributed by atoms with Gasteiger partial charge in [-0.1, -0.05) is 57.9 Å². The fraction of sp³-hybridized carbons (Fsp3) is 0.708. The molecule has 3 atom stereocenters. The summed E-state index contributed by atoms with van der Waals surface area (Å²) in [5.41, 5.74) is 3.31. The summed E-state index contributed by atoms with van der Waals surface area (Å²) in [6, 6.07) is 9.35. The molecule has 6 rings (SSSR count). The minimum absolute atomic E-state index is 0.128. The highest BCUT2D eigenvalue weighted by molar-refractivity contribution is 5.80. The van der Waals surface area contributed by atoms with Crippen molar-refractivity contribution in [2.45, 2.75) is 77.2 Å². The van der Waals surface area contributed by atoms with Gasteiger partial charge >= 0.3 is 0 Å². The zero-order chi connectivity index (χ0) is 18.1. The van der Waals surface area contributed by atoms with Crippen LogP contribution in [-0.4, -0.2) is 23.4 Å². The molecule has 1 unspecified atom stereocenters. The molecule has 1 amide bonds. The Balaban J connectivity index is 1.49. The average Bonchev–Trinajstić information content (AvgIpc) is 2.65. The van der Waals surface area contributed by atoms with E-state index in [0.29, 0.717) is 23.8 Å². The summed E-state index contributed by atoms with van der Waals surface area (Å²) in [5, 5.41) is 0. The minimum atomic E-state index is 0.128. The summed E-state index contributed by atoms with van der Waals surface area (Å²) < 4.78 is 0.